The predicted molar refractivity (Wildman–Crippen MR) is 87.0 cm³/mol. The molecule has 1 saturated heterocycles. The van der Waals surface area contributed by atoms with Gasteiger partial charge in [0.25, 0.3) is 0 Å². The number of aromatic nitrogens is 2. The zero-order valence-electron chi connectivity index (χ0n) is 13.2. The summed E-state index contributed by atoms with van der Waals surface area (Å²) in [4.78, 5) is 14.4. The molecule has 0 spiro atoms. The van der Waals surface area contributed by atoms with Gasteiger partial charge < -0.3 is 10.2 Å². The molecule has 0 bridgehead atoms. The van der Waals surface area contributed by atoms with E-state index < -0.39 is 0 Å². The molecule has 1 aliphatic heterocycles. The first-order chi connectivity index (χ1) is 10.0. The molecule has 1 atom stereocenters. The summed E-state index contributed by atoms with van der Waals surface area (Å²) in [7, 11) is 1.94. The number of carbonyl (C=O) groups is 1. The highest BCUT2D eigenvalue weighted by Crippen LogP contribution is 2.21. The third-order valence-corrected chi connectivity index (χ3v) is 5.03. The van der Waals surface area contributed by atoms with Crippen LogP contribution in [-0.4, -0.2) is 39.7 Å². The van der Waals surface area contributed by atoms with E-state index in [4.69, 9.17) is 0 Å². The highest BCUT2D eigenvalue weighted by atomic mass is 79.9. The van der Waals surface area contributed by atoms with E-state index in [9.17, 15) is 4.79 Å². The minimum Gasteiger partial charge on any atom is -0.341 e. The summed E-state index contributed by atoms with van der Waals surface area (Å²) in [6.07, 6.45) is 4.40. The highest BCUT2D eigenvalue weighted by Gasteiger charge is 2.22. The van der Waals surface area contributed by atoms with Crippen LogP contribution in [0.3, 0.4) is 0 Å². The Hall–Kier alpha value is -0.880. The number of nitrogens with one attached hydrogen (secondary N) is 1. The summed E-state index contributed by atoms with van der Waals surface area (Å²) in [5, 5.41) is 7.81. The maximum atomic E-state index is 12.4. The van der Waals surface area contributed by atoms with Gasteiger partial charge >= 0.3 is 0 Å². The lowest BCUT2D eigenvalue weighted by Gasteiger charge is -2.29. The van der Waals surface area contributed by atoms with Gasteiger partial charge in [0, 0.05) is 26.7 Å². The standard InChI is InChI=1S/C15H25BrN4O/c1-4-12-14(16)13(19(3)18-12)10-17-11(2)15(21)20-8-6-5-7-9-20/h11,17H,4-10H2,1-3H3. The molecule has 118 valence electrons. The van der Waals surface area contributed by atoms with E-state index in [1.807, 2.05) is 23.6 Å². The Morgan fingerprint density at radius 2 is 2.05 bits per heavy atom. The van der Waals surface area contributed by atoms with E-state index in [0.29, 0.717) is 6.54 Å². The topological polar surface area (TPSA) is 50.2 Å². The lowest BCUT2D eigenvalue weighted by molar-refractivity contribution is -0.133. The van der Waals surface area contributed by atoms with Gasteiger partial charge in [-0.05, 0) is 48.5 Å². The Kier molecular flexibility index (Phi) is 5.81. The maximum absolute atomic E-state index is 12.4. The van der Waals surface area contributed by atoms with Crippen molar-refractivity contribution < 1.29 is 4.79 Å². The number of halogens is 1. The average molecular weight is 357 g/mol. The fourth-order valence-electron chi connectivity index (χ4n) is 2.74. The van der Waals surface area contributed by atoms with Crippen LogP contribution in [0.1, 0.15) is 44.5 Å². The predicted octanol–water partition coefficient (Wildman–Crippen LogP) is 2.24. The van der Waals surface area contributed by atoms with E-state index in [1.165, 1.54) is 6.42 Å². The fraction of sp³-hybridized carbons (Fsp3) is 0.733. The molecule has 5 nitrogen and oxygen atoms in total. The summed E-state index contributed by atoms with van der Waals surface area (Å²) in [6.45, 7) is 6.49. The average Bonchev–Trinajstić information content (AvgIpc) is 2.79. The molecule has 0 aliphatic carbocycles. The van der Waals surface area contributed by atoms with E-state index in [2.05, 4.69) is 33.3 Å². The van der Waals surface area contributed by atoms with Crippen molar-refractivity contribution in [1.29, 1.82) is 0 Å². The first kappa shape index (κ1) is 16.5. The van der Waals surface area contributed by atoms with Crippen molar-refractivity contribution in [1.82, 2.24) is 20.0 Å². The second-order valence-corrected chi connectivity index (χ2v) is 6.47. The Morgan fingerprint density at radius 1 is 1.38 bits per heavy atom. The second-order valence-electron chi connectivity index (χ2n) is 5.67. The molecule has 1 N–H and O–H groups in total. The van der Waals surface area contributed by atoms with Gasteiger partial charge in [-0.15, -0.1) is 0 Å². The highest BCUT2D eigenvalue weighted by molar-refractivity contribution is 9.10. The van der Waals surface area contributed by atoms with Crippen LogP contribution in [0.4, 0.5) is 0 Å². The molecule has 2 rings (SSSR count). The quantitative estimate of drug-likeness (QED) is 0.879. The minimum atomic E-state index is -0.157. The number of carbonyl (C=O) groups excluding carboxylic acids is 1. The van der Waals surface area contributed by atoms with Crippen molar-refractivity contribution in [2.45, 2.75) is 52.1 Å². The number of piperidine rings is 1. The van der Waals surface area contributed by atoms with Crippen LogP contribution in [-0.2, 0) is 24.8 Å². The van der Waals surface area contributed by atoms with Crippen LogP contribution < -0.4 is 5.32 Å². The number of nitrogens with zero attached hydrogens (tertiary/aromatic N) is 3. The van der Waals surface area contributed by atoms with Crippen molar-refractivity contribution in [2.75, 3.05) is 13.1 Å². The van der Waals surface area contributed by atoms with Crippen LogP contribution in [0.25, 0.3) is 0 Å². The van der Waals surface area contributed by atoms with E-state index >= 15 is 0 Å². The molecule has 21 heavy (non-hydrogen) atoms. The van der Waals surface area contributed by atoms with Crippen molar-refractivity contribution >= 4 is 21.8 Å². The van der Waals surface area contributed by atoms with Gasteiger partial charge in [-0.2, -0.15) is 5.10 Å². The zero-order chi connectivity index (χ0) is 15.4. The van der Waals surface area contributed by atoms with Crippen molar-refractivity contribution in [2.24, 2.45) is 7.05 Å². The monoisotopic (exact) mass is 356 g/mol. The number of hydrogen-bond donors (Lipinski definition) is 1. The molecular formula is C15H25BrN4O. The van der Waals surface area contributed by atoms with Crippen LogP contribution in [0.15, 0.2) is 4.47 Å². The SMILES string of the molecule is CCc1nn(C)c(CNC(C)C(=O)N2CCCCC2)c1Br. The van der Waals surface area contributed by atoms with Crippen LogP contribution in [0.2, 0.25) is 0 Å². The second kappa shape index (κ2) is 7.40. The molecule has 0 radical (unpaired) electrons. The largest absolute Gasteiger partial charge is 0.341 e. The van der Waals surface area contributed by atoms with Gasteiger partial charge in [-0.25, -0.2) is 0 Å². The van der Waals surface area contributed by atoms with Gasteiger partial charge in [-0.1, -0.05) is 6.92 Å². The molecule has 0 saturated carbocycles. The molecular weight excluding hydrogens is 332 g/mol. The molecule has 6 heteroatoms. The van der Waals surface area contributed by atoms with Gasteiger partial charge in [0.15, 0.2) is 0 Å². The Labute approximate surface area is 135 Å². The van der Waals surface area contributed by atoms with E-state index in [-0.39, 0.29) is 11.9 Å². The van der Waals surface area contributed by atoms with Gasteiger partial charge in [0.2, 0.25) is 5.91 Å². The Balaban J connectivity index is 1.93. The van der Waals surface area contributed by atoms with Crippen molar-refractivity contribution in [3.63, 3.8) is 0 Å². The molecule has 1 unspecified atom stereocenters. The van der Waals surface area contributed by atoms with Gasteiger partial charge in [0.05, 0.1) is 21.9 Å². The maximum Gasteiger partial charge on any atom is 0.239 e. The smallest absolute Gasteiger partial charge is 0.239 e. The summed E-state index contributed by atoms with van der Waals surface area (Å²) in [5.41, 5.74) is 2.15. The summed E-state index contributed by atoms with van der Waals surface area (Å²) < 4.78 is 2.94. The number of hydrogen-bond acceptors (Lipinski definition) is 3. The summed E-state index contributed by atoms with van der Waals surface area (Å²) >= 11 is 3.61. The van der Waals surface area contributed by atoms with Crippen LogP contribution in [0.5, 0.6) is 0 Å². The Bertz CT molecular complexity index is 494. The lowest BCUT2D eigenvalue weighted by atomic mass is 10.1. The van der Waals surface area contributed by atoms with Crippen molar-refractivity contribution in [3.8, 4) is 0 Å². The fourth-order valence-corrected chi connectivity index (χ4v) is 3.49. The molecule has 1 amide bonds. The first-order valence-corrected chi connectivity index (χ1v) is 8.56. The van der Waals surface area contributed by atoms with Crippen molar-refractivity contribution in [3.05, 3.63) is 15.9 Å². The van der Waals surface area contributed by atoms with Gasteiger partial charge in [-0.3, -0.25) is 9.48 Å². The summed E-state index contributed by atoms with van der Waals surface area (Å²) in [6, 6.07) is -0.157. The third kappa shape index (κ3) is 3.86. The zero-order valence-corrected chi connectivity index (χ0v) is 14.7. The molecule has 1 aliphatic rings. The number of likely N-dealkylation sites (tertiary alicyclic amines) is 1. The van der Waals surface area contributed by atoms with Crippen LogP contribution in [0, 0.1) is 0 Å². The summed E-state index contributed by atoms with van der Waals surface area (Å²) in [5.74, 6) is 0.212. The third-order valence-electron chi connectivity index (χ3n) is 4.12. The molecule has 2 heterocycles. The molecule has 1 aromatic heterocycles. The molecule has 1 aromatic rings. The number of rotatable bonds is 5. The molecule has 1 fully saturated rings. The normalized spacial score (nSPS) is 17.0. The van der Waals surface area contributed by atoms with Crippen LogP contribution >= 0.6 is 15.9 Å². The minimum absolute atomic E-state index is 0.157. The van der Waals surface area contributed by atoms with E-state index in [1.54, 1.807) is 0 Å². The number of aryl methyl sites for hydroxylation is 2. The Morgan fingerprint density at radius 3 is 2.62 bits per heavy atom. The van der Waals surface area contributed by atoms with Gasteiger partial charge in [0.1, 0.15) is 0 Å². The number of amides is 1. The first-order valence-electron chi connectivity index (χ1n) is 7.77. The van der Waals surface area contributed by atoms with E-state index in [0.717, 1.165) is 48.2 Å². The lowest BCUT2D eigenvalue weighted by Crippen LogP contribution is -2.46. The molecule has 0 aromatic carbocycles.